The number of fused-ring (bicyclic) bond motifs is 1. The molecule has 3 aliphatic rings. The summed E-state index contributed by atoms with van der Waals surface area (Å²) in [5.74, 6) is 2.26. The Morgan fingerprint density at radius 3 is 2.69 bits per heavy atom. The van der Waals surface area contributed by atoms with Gasteiger partial charge in [0.05, 0.1) is 11.7 Å². The lowest BCUT2D eigenvalue weighted by atomic mass is 9.60. The first-order valence-corrected chi connectivity index (χ1v) is 12.1. The SMILES string of the molecule is C=C1CCC(O)CC1=C/C=C1\CCC[C@]2(C)[C@@H]([C@H](C)CCCC(C)(C)O)CC[C@@H]12. The lowest BCUT2D eigenvalue weighted by molar-refractivity contribution is 0.0596. The summed E-state index contributed by atoms with van der Waals surface area (Å²) in [5.41, 5.74) is 4.02. The molecule has 0 radical (unpaired) electrons. The van der Waals surface area contributed by atoms with Crippen molar-refractivity contribution in [2.45, 2.75) is 110 Å². The van der Waals surface area contributed by atoms with Crippen LogP contribution < -0.4 is 0 Å². The Hall–Kier alpha value is -0.860. The van der Waals surface area contributed by atoms with Gasteiger partial charge >= 0.3 is 0 Å². The molecule has 0 aromatic carbocycles. The minimum Gasteiger partial charge on any atom is -0.393 e. The van der Waals surface area contributed by atoms with E-state index in [1.54, 1.807) is 5.57 Å². The van der Waals surface area contributed by atoms with Crippen LogP contribution >= 0.6 is 0 Å². The van der Waals surface area contributed by atoms with Gasteiger partial charge in [-0.1, -0.05) is 56.6 Å². The molecule has 0 aromatic rings. The van der Waals surface area contributed by atoms with Crippen LogP contribution in [0.15, 0.2) is 35.5 Å². The zero-order valence-corrected chi connectivity index (χ0v) is 19.3. The van der Waals surface area contributed by atoms with Gasteiger partial charge in [-0.05, 0) is 100 Å². The summed E-state index contributed by atoms with van der Waals surface area (Å²) in [5, 5.41) is 20.1. The third-order valence-electron chi connectivity index (χ3n) is 8.36. The average Bonchev–Trinajstić information content (AvgIpc) is 2.99. The van der Waals surface area contributed by atoms with Crippen LogP contribution in [0.25, 0.3) is 0 Å². The van der Waals surface area contributed by atoms with E-state index in [9.17, 15) is 10.2 Å². The molecule has 3 fully saturated rings. The fourth-order valence-corrected chi connectivity index (χ4v) is 6.67. The summed E-state index contributed by atoms with van der Waals surface area (Å²) < 4.78 is 0. The van der Waals surface area contributed by atoms with Crippen LogP contribution in [0.5, 0.6) is 0 Å². The minimum absolute atomic E-state index is 0.192. The summed E-state index contributed by atoms with van der Waals surface area (Å²) in [6, 6.07) is 0. The van der Waals surface area contributed by atoms with E-state index in [1.165, 1.54) is 49.7 Å². The maximum atomic E-state index is 10.0. The van der Waals surface area contributed by atoms with Gasteiger partial charge in [-0.15, -0.1) is 0 Å². The molecule has 0 heterocycles. The Morgan fingerprint density at radius 2 is 1.97 bits per heavy atom. The molecule has 2 heteroatoms. The molecule has 0 saturated heterocycles. The molecule has 2 nitrogen and oxygen atoms in total. The number of hydrogen-bond donors (Lipinski definition) is 2. The van der Waals surface area contributed by atoms with Gasteiger partial charge in [0.25, 0.3) is 0 Å². The topological polar surface area (TPSA) is 40.5 Å². The van der Waals surface area contributed by atoms with Gasteiger partial charge in [-0.2, -0.15) is 0 Å². The molecule has 3 saturated carbocycles. The Bertz CT molecular complexity index is 650. The van der Waals surface area contributed by atoms with Crippen LogP contribution in [0.3, 0.4) is 0 Å². The number of aliphatic hydroxyl groups is 2. The zero-order valence-electron chi connectivity index (χ0n) is 19.3. The molecule has 3 aliphatic carbocycles. The fraction of sp³-hybridized carbons (Fsp3) is 0.778. The van der Waals surface area contributed by atoms with E-state index in [0.717, 1.165) is 49.9 Å². The maximum absolute atomic E-state index is 10.0. The maximum Gasteiger partial charge on any atom is 0.0591 e. The highest BCUT2D eigenvalue weighted by Crippen LogP contribution is 2.60. The van der Waals surface area contributed by atoms with Crippen LogP contribution in [0.4, 0.5) is 0 Å². The first-order valence-electron chi connectivity index (χ1n) is 12.1. The molecular weight excluding hydrogens is 356 g/mol. The van der Waals surface area contributed by atoms with Crippen LogP contribution in [-0.4, -0.2) is 21.9 Å². The molecule has 3 rings (SSSR count). The highest BCUT2D eigenvalue weighted by molar-refractivity contribution is 5.36. The van der Waals surface area contributed by atoms with E-state index >= 15 is 0 Å². The van der Waals surface area contributed by atoms with Crippen molar-refractivity contribution < 1.29 is 10.2 Å². The monoisotopic (exact) mass is 400 g/mol. The van der Waals surface area contributed by atoms with Crippen molar-refractivity contribution >= 4 is 0 Å². The van der Waals surface area contributed by atoms with Crippen LogP contribution in [0.2, 0.25) is 0 Å². The molecule has 0 bridgehead atoms. The summed E-state index contributed by atoms with van der Waals surface area (Å²) in [6.07, 6.45) is 16.9. The Labute approximate surface area is 179 Å². The van der Waals surface area contributed by atoms with E-state index < -0.39 is 5.60 Å². The second kappa shape index (κ2) is 9.10. The lowest BCUT2D eigenvalue weighted by Crippen LogP contribution is -2.36. The molecular formula is C27H44O2. The highest BCUT2D eigenvalue weighted by atomic mass is 16.3. The molecule has 164 valence electrons. The van der Waals surface area contributed by atoms with Crippen LogP contribution in [0, 0.1) is 23.2 Å². The zero-order chi connectivity index (χ0) is 21.2. The largest absolute Gasteiger partial charge is 0.393 e. The molecule has 0 amide bonds. The molecule has 2 N–H and O–H groups in total. The second-order valence-corrected chi connectivity index (χ2v) is 11.2. The summed E-state index contributed by atoms with van der Waals surface area (Å²) in [6.45, 7) is 13.1. The predicted molar refractivity (Wildman–Crippen MR) is 123 cm³/mol. The van der Waals surface area contributed by atoms with Crippen molar-refractivity contribution in [3.63, 3.8) is 0 Å². The normalized spacial score (nSPS) is 37.2. The van der Waals surface area contributed by atoms with Crippen molar-refractivity contribution in [2.24, 2.45) is 23.2 Å². The van der Waals surface area contributed by atoms with Crippen LogP contribution in [-0.2, 0) is 0 Å². The Morgan fingerprint density at radius 1 is 1.21 bits per heavy atom. The van der Waals surface area contributed by atoms with E-state index in [0.29, 0.717) is 5.41 Å². The third-order valence-corrected chi connectivity index (χ3v) is 8.36. The standard InChI is InChI=1S/C27H44O2/c1-19-10-13-23(28)18-22(19)12-11-21-9-7-17-27(5)24(14-15-25(21)27)20(2)8-6-16-26(3,4)29/h11-12,20,23-25,28-29H,1,6-10,13-18H2,2-5H3/b21-11+,22-12?/t20-,23?,24-,25+,27-/m1/s1. The first-order chi connectivity index (χ1) is 13.6. The summed E-state index contributed by atoms with van der Waals surface area (Å²) in [4.78, 5) is 0. The summed E-state index contributed by atoms with van der Waals surface area (Å²) >= 11 is 0. The lowest BCUT2D eigenvalue weighted by Gasteiger charge is -2.44. The van der Waals surface area contributed by atoms with Crippen molar-refractivity contribution in [1.29, 1.82) is 0 Å². The molecule has 0 spiro atoms. The Balaban J connectivity index is 1.68. The predicted octanol–water partition coefficient (Wildman–Crippen LogP) is 6.73. The number of rotatable bonds is 6. The number of allylic oxidation sites excluding steroid dienone is 4. The molecule has 0 aromatic heterocycles. The van der Waals surface area contributed by atoms with Crippen molar-refractivity contribution in [1.82, 2.24) is 0 Å². The van der Waals surface area contributed by atoms with Crippen molar-refractivity contribution in [3.05, 3.63) is 35.5 Å². The van der Waals surface area contributed by atoms with E-state index in [-0.39, 0.29) is 6.10 Å². The molecule has 1 unspecified atom stereocenters. The quantitative estimate of drug-likeness (QED) is 0.518. The van der Waals surface area contributed by atoms with Gasteiger partial charge in [0.15, 0.2) is 0 Å². The molecule has 29 heavy (non-hydrogen) atoms. The van der Waals surface area contributed by atoms with E-state index in [4.69, 9.17) is 0 Å². The molecule has 0 aliphatic heterocycles. The number of hydrogen-bond acceptors (Lipinski definition) is 2. The van der Waals surface area contributed by atoms with Gasteiger partial charge in [0.1, 0.15) is 0 Å². The van der Waals surface area contributed by atoms with Gasteiger partial charge in [0, 0.05) is 0 Å². The van der Waals surface area contributed by atoms with Gasteiger partial charge < -0.3 is 10.2 Å². The van der Waals surface area contributed by atoms with Gasteiger partial charge in [-0.3, -0.25) is 0 Å². The minimum atomic E-state index is -0.535. The highest BCUT2D eigenvalue weighted by Gasteiger charge is 2.50. The number of aliphatic hydroxyl groups excluding tert-OH is 1. The second-order valence-electron chi connectivity index (χ2n) is 11.2. The molecule has 5 atom stereocenters. The van der Waals surface area contributed by atoms with Crippen LogP contribution in [0.1, 0.15) is 98.3 Å². The third kappa shape index (κ3) is 5.44. The van der Waals surface area contributed by atoms with Gasteiger partial charge in [-0.25, -0.2) is 0 Å². The smallest absolute Gasteiger partial charge is 0.0591 e. The van der Waals surface area contributed by atoms with Gasteiger partial charge in [0.2, 0.25) is 0 Å². The first kappa shape index (κ1) is 22.8. The fourth-order valence-electron chi connectivity index (χ4n) is 6.67. The van der Waals surface area contributed by atoms with Crippen molar-refractivity contribution in [2.75, 3.05) is 0 Å². The summed E-state index contributed by atoms with van der Waals surface area (Å²) in [7, 11) is 0. The Kier molecular flexibility index (Phi) is 7.16. The van der Waals surface area contributed by atoms with E-state index in [2.05, 4.69) is 32.6 Å². The van der Waals surface area contributed by atoms with E-state index in [1.807, 2.05) is 13.8 Å². The van der Waals surface area contributed by atoms with Crippen molar-refractivity contribution in [3.8, 4) is 0 Å². The average molecular weight is 401 g/mol.